The Morgan fingerprint density at radius 1 is 1.35 bits per heavy atom. The summed E-state index contributed by atoms with van der Waals surface area (Å²) >= 11 is 1.74. The van der Waals surface area contributed by atoms with E-state index in [1.54, 1.807) is 17.8 Å². The van der Waals surface area contributed by atoms with Gasteiger partial charge in [-0.3, -0.25) is 0 Å². The molecule has 0 N–H and O–H groups in total. The van der Waals surface area contributed by atoms with E-state index in [0.29, 0.717) is 5.75 Å². The first-order valence-corrected chi connectivity index (χ1v) is 6.80. The van der Waals surface area contributed by atoms with Gasteiger partial charge in [0, 0.05) is 11.5 Å². The van der Waals surface area contributed by atoms with Crippen molar-refractivity contribution in [2.24, 2.45) is 0 Å². The van der Waals surface area contributed by atoms with Gasteiger partial charge in [0.2, 0.25) is 0 Å². The number of rotatable bonds is 7. The van der Waals surface area contributed by atoms with E-state index >= 15 is 0 Å². The van der Waals surface area contributed by atoms with E-state index in [0.717, 1.165) is 23.7 Å². The molecule has 4 heteroatoms. The van der Waals surface area contributed by atoms with Crippen LogP contribution >= 0.6 is 11.8 Å². The topological polar surface area (TPSA) is 18.5 Å². The third-order valence-corrected chi connectivity index (χ3v) is 3.16. The number of benzene rings is 1. The SMILES string of the molecule is COc1ccc(CSCCOC(C)C)cc1F. The molecule has 1 aromatic carbocycles. The highest BCUT2D eigenvalue weighted by Crippen LogP contribution is 2.20. The van der Waals surface area contributed by atoms with Gasteiger partial charge in [-0.05, 0) is 31.5 Å². The Morgan fingerprint density at radius 2 is 2.12 bits per heavy atom. The highest BCUT2D eigenvalue weighted by Gasteiger charge is 2.03. The van der Waals surface area contributed by atoms with Crippen molar-refractivity contribution in [1.29, 1.82) is 0 Å². The van der Waals surface area contributed by atoms with Crippen LogP contribution in [0.3, 0.4) is 0 Å². The largest absolute Gasteiger partial charge is 0.494 e. The molecule has 0 bridgehead atoms. The third kappa shape index (κ3) is 5.41. The molecule has 0 aliphatic carbocycles. The number of hydrogen-bond acceptors (Lipinski definition) is 3. The van der Waals surface area contributed by atoms with E-state index in [9.17, 15) is 4.39 Å². The Labute approximate surface area is 107 Å². The van der Waals surface area contributed by atoms with E-state index in [1.165, 1.54) is 13.2 Å². The first-order valence-electron chi connectivity index (χ1n) is 5.65. The maximum Gasteiger partial charge on any atom is 0.165 e. The fourth-order valence-electron chi connectivity index (χ4n) is 1.33. The van der Waals surface area contributed by atoms with Crippen molar-refractivity contribution in [2.45, 2.75) is 25.7 Å². The molecule has 1 aromatic rings. The molecule has 0 saturated carbocycles. The molecule has 0 aromatic heterocycles. The van der Waals surface area contributed by atoms with Crippen LogP contribution in [0.5, 0.6) is 5.75 Å². The van der Waals surface area contributed by atoms with Gasteiger partial charge in [-0.1, -0.05) is 6.07 Å². The fraction of sp³-hybridized carbons (Fsp3) is 0.538. The van der Waals surface area contributed by atoms with Gasteiger partial charge in [0.25, 0.3) is 0 Å². The van der Waals surface area contributed by atoms with Crippen molar-refractivity contribution in [1.82, 2.24) is 0 Å². The summed E-state index contributed by atoms with van der Waals surface area (Å²) in [6, 6.07) is 5.07. The second-order valence-electron chi connectivity index (χ2n) is 3.94. The van der Waals surface area contributed by atoms with Crippen molar-refractivity contribution in [3.05, 3.63) is 29.6 Å². The van der Waals surface area contributed by atoms with Gasteiger partial charge in [-0.15, -0.1) is 0 Å². The Kier molecular flexibility index (Phi) is 6.37. The molecule has 0 saturated heterocycles. The molecule has 96 valence electrons. The van der Waals surface area contributed by atoms with Crippen molar-refractivity contribution >= 4 is 11.8 Å². The van der Waals surface area contributed by atoms with Gasteiger partial charge in [-0.25, -0.2) is 4.39 Å². The molecule has 0 unspecified atom stereocenters. The Balaban J connectivity index is 2.30. The summed E-state index contributed by atoms with van der Waals surface area (Å²) in [7, 11) is 1.47. The van der Waals surface area contributed by atoms with Crippen LogP contribution < -0.4 is 4.74 Å². The lowest BCUT2D eigenvalue weighted by Crippen LogP contribution is -2.05. The van der Waals surface area contributed by atoms with E-state index < -0.39 is 0 Å². The highest BCUT2D eigenvalue weighted by atomic mass is 32.2. The molecular weight excluding hydrogens is 239 g/mol. The van der Waals surface area contributed by atoms with Crippen LogP contribution in [0.4, 0.5) is 4.39 Å². The molecule has 2 nitrogen and oxygen atoms in total. The summed E-state index contributed by atoms with van der Waals surface area (Å²) in [4.78, 5) is 0. The zero-order chi connectivity index (χ0) is 12.7. The first-order chi connectivity index (χ1) is 8.13. The predicted molar refractivity (Wildman–Crippen MR) is 70.2 cm³/mol. The van der Waals surface area contributed by atoms with Crippen LogP contribution in [0.2, 0.25) is 0 Å². The monoisotopic (exact) mass is 258 g/mol. The van der Waals surface area contributed by atoms with Crippen LogP contribution in [-0.4, -0.2) is 25.6 Å². The molecule has 17 heavy (non-hydrogen) atoms. The van der Waals surface area contributed by atoms with Crippen LogP contribution in [-0.2, 0) is 10.5 Å². The predicted octanol–water partition coefficient (Wildman–Crippen LogP) is 3.49. The minimum atomic E-state index is -0.302. The number of hydrogen-bond donors (Lipinski definition) is 0. The van der Waals surface area contributed by atoms with Gasteiger partial charge < -0.3 is 9.47 Å². The third-order valence-electron chi connectivity index (χ3n) is 2.16. The summed E-state index contributed by atoms with van der Waals surface area (Å²) in [5.74, 6) is 1.71. The molecule has 0 atom stereocenters. The summed E-state index contributed by atoms with van der Waals surface area (Å²) in [6.45, 7) is 4.77. The summed E-state index contributed by atoms with van der Waals surface area (Å²) in [5, 5.41) is 0. The van der Waals surface area contributed by atoms with Crippen LogP contribution in [0.1, 0.15) is 19.4 Å². The van der Waals surface area contributed by atoms with Gasteiger partial charge in [0.1, 0.15) is 0 Å². The van der Waals surface area contributed by atoms with Gasteiger partial charge in [0.15, 0.2) is 11.6 Å². The van der Waals surface area contributed by atoms with E-state index in [2.05, 4.69) is 0 Å². The fourth-order valence-corrected chi connectivity index (χ4v) is 2.11. The lowest BCUT2D eigenvalue weighted by Gasteiger charge is -2.07. The lowest BCUT2D eigenvalue weighted by atomic mass is 10.2. The molecule has 0 aliphatic rings. The number of thioether (sulfide) groups is 1. The molecule has 1 rings (SSSR count). The minimum Gasteiger partial charge on any atom is -0.494 e. The van der Waals surface area contributed by atoms with E-state index in [4.69, 9.17) is 9.47 Å². The number of ether oxygens (including phenoxy) is 2. The van der Waals surface area contributed by atoms with Crippen LogP contribution in [0.25, 0.3) is 0 Å². The van der Waals surface area contributed by atoms with Crippen LogP contribution in [0, 0.1) is 5.82 Å². The first kappa shape index (κ1) is 14.3. The van der Waals surface area contributed by atoms with Gasteiger partial charge >= 0.3 is 0 Å². The van der Waals surface area contributed by atoms with Crippen molar-refractivity contribution in [2.75, 3.05) is 19.5 Å². The Hall–Kier alpha value is -0.740. The normalized spacial score (nSPS) is 10.9. The van der Waals surface area contributed by atoms with Gasteiger partial charge in [-0.2, -0.15) is 11.8 Å². The highest BCUT2D eigenvalue weighted by molar-refractivity contribution is 7.98. The molecule has 0 aliphatic heterocycles. The molecule has 0 heterocycles. The Bertz CT molecular complexity index is 342. The average Bonchev–Trinajstić information content (AvgIpc) is 2.28. The quantitative estimate of drug-likeness (QED) is 0.697. The summed E-state index contributed by atoms with van der Waals surface area (Å²) < 4.78 is 23.7. The maximum atomic E-state index is 13.4. The average molecular weight is 258 g/mol. The van der Waals surface area contributed by atoms with E-state index in [-0.39, 0.29) is 11.9 Å². The van der Waals surface area contributed by atoms with Crippen molar-refractivity contribution < 1.29 is 13.9 Å². The maximum absolute atomic E-state index is 13.4. The number of methoxy groups -OCH3 is 1. The molecule has 0 fully saturated rings. The summed E-state index contributed by atoms with van der Waals surface area (Å²) in [6.07, 6.45) is 0.272. The zero-order valence-corrected chi connectivity index (χ0v) is 11.3. The minimum absolute atomic E-state index is 0.272. The second kappa shape index (κ2) is 7.56. The second-order valence-corrected chi connectivity index (χ2v) is 5.05. The van der Waals surface area contributed by atoms with Crippen LogP contribution in [0.15, 0.2) is 18.2 Å². The molecule has 0 radical (unpaired) electrons. The van der Waals surface area contributed by atoms with E-state index in [1.807, 2.05) is 19.9 Å². The summed E-state index contributed by atoms with van der Waals surface area (Å²) in [5.41, 5.74) is 0.970. The number of halogens is 1. The zero-order valence-electron chi connectivity index (χ0n) is 10.5. The Morgan fingerprint density at radius 3 is 2.71 bits per heavy atom. The lowest BCUT2D eigenvalue weighted by molar-refractivity contribution is 0.0920. The molecular formula is C13H19FO2S. The molecule has 0 amide bonds. The smallest absolute Gasteiger partial charge is 0.165 e. The van der Waals surface area contributed by atoms with Crippen molar-refractivity contribution in [3.63, 3.8) is 0 Å². The standard InChI is InChI=1S/C13H19FO2S/c1-10(2)16-6-7-17-9-11-4-5-13(15-3)12(14)8-11/h4-5,8,10H,6-7,9H2,1-3H3. The molecule has 0 spiro atoms. The van der Waals surface area contributed by atoms with Gasteiger partial charge in [0.05, 0.1) is 19.8 Å². The van der Waals surface area contributed by atoms with Crippen molar-refractivity contribution in [3.8, 4) is 5.75 Å².